The molecule has 32 heavy (non-hydrogen) atoms. The molecule has 0 atom stereocenters. The number of ether oxygens (including phenoxy) is 3. The van der Waals surface area contributed by atoms with Gasteiger partial charge in [-0.3, -0.25) is 9.59 Å². The third-order valence-corrected chi connectivity index (χ3v) is 6.46. The fraction of sp³-hybridized carbons (Fsp3) is 0.462. The van der Waals surface area contributed by atoms with E-state index in [1.54, 1.807) is 25.3 Å². The minimum atomic E-state index is -0.527. The van der Waals surface area contributed by atoms with Crippen LogP contribution in [0.5, 0.6) is 17.2 Å². The van der Waals surface area contributed by atoms with Crippen LogP contribution in [0.15, 0.2) is 42.5 Å². The zero-order valence-corrected chi connectivity index (χ0v) is 18.9. The van der Waals surface area contributed by atoms with Crippen molar-refractivity contribution >= 4 is 11.7 Å². The highest BCUT2D eigenvalue weighted by atomic mass is 16.5. The minimum absolute atomic E-state index is 0.0952. The summed E-state index contributed by atoms with van der Waals surface area (Å²) >= 11 is 0. The highest BCUT2D eigenvalue weighted by Crippen LogP contribution is 2.40. The van der Waals surface area contributed by atoms with Crippen LogP contribution < -0.4 is 14.2 Å². The third kappa shape index (κ3) is 4.90. The molecule has 170 valence electrons. The van der Waals surface area contributed by atoms with Gasteiger partial charge < -0.3 is 19.1 Å². The fourth-order valence-corrected chi connectivity index (χ4v) is 4.44. The van der Waals surface area contributed by atoms with Gasteiger partial charge in [0.1, 0.15) is 22.8 Å². The van der Waals surface area contributed by atoms with Gasteiger partial charge in [-0.1, -0.05) is 19.1 Å². The average Bonchev–Trinajstić information content (AvgIpc) is 2.82. The van der Waals surface area contributed by atoms with Crippen molar-refractivity contribution in [1.29, 1.82) is 0 Å². The summed E-state index contributed by atoms with van der Waals surface area (Å²) in [5.41, 5.74) is 1.36. The molecule has 0 radical (unpaired) electrons. The molecule has 0 unspecified atom stereocenters. The van der Waals surface area contributed by atoms with E-state index < -0.39 is 5.60 Å². The number of carbonyl (C=O) groups excluding carboxylic acids is 2. The number of piperidine rings is 1. The van der Waals surface area contributed by atoms with Crippen LogP contribution in [-0.2, 0) is 11.2 Å². The van der Waals surface area contributed by atoms with Gasteiger partial charge in [0.2, 0.25) is 5.91 Å². The summed E-state index contributed by atoms with van der Waals surface area (Å²) in [6.45, 7) is 3.85. The predicted octanol–water partition coefficient (Wildman–Crippen LogP) is 4.44. The van der Waals surface area contributed by atoms with Crippen LogP contribution in [-0.4, -0.2) is 49.0 Å². The van der Waals surface area contributed by atoms with E-state index in [9.17, 15) is 9.59 Å². The Balaban J connectivity index is 1.25. The maximum Gasteiger partial charge on any atom is 0.222 e. The molecule has 0 bridgehead atoms. The molecule has 2 heterocycles. The Bertz CT molecular complexity index is 961. The molecule has 0 aliphatic carbocycles. The second kappa shape index (κ2) is 9.63. The van der Waals surface area contributed by atoms with E-state index in [1.807, 2.05) is 17.0 Å². The Morgan fingerprint density at radius 2 is 1.81 bits per heavy atom. The Hall–Kier alpha value is -3.02. The molecule has 1 spiro atoms. The first-order valence-corrected chi connectivity index (χ1v) is 11.4. The standard InChI is InChI=1S/C26H31NO5/c1-3-19-6-8-20(9-7-19)31-16-4-5-25(29)27-14-12-26(13-15-27)18-23(28)22-11-10-21(30-2)17-24(22)32-26/h6-11,17H,3-5,12-16,18H2,1-2H3. The van der Waals surface area contributed by atoms with Crippen molar-refractivity contribution < 1.29 is 23.8 Å². The molecule has 6 nitrogen and oxygen atoms in total. The maximum atomic E-state index is 12.7. The molecule has 1 saturated heterocycles. The molecular formula is C26H31NO5. The van der Waals surface area contributed by atoms with Gasteiger partial charge in [-0.25, -0.2) is 0 Å². The largest absolute Gasteiger partial charge is 0.497 e. The van der Waals surface area contributed by atoms with Crippen molar-refractivity contribution in [1.82, 2.24) is 4.90 Å². The van der Waals surface area contributed by atoms with Crippen molar-refractivity contribution in [3.63, 3.8) is 0 Å². The van der Waals surface area contributed by atoms with Gasteiger partial charge in [-0.2, -0.15) is 0 Å². The first kappa shape index (κ1) is 22.2. The van der Waals surface area contributed by atoms with Crippen LogP contribution in [0.2, 0.25) is 0 Å². The normalized spacial score (nSPS) is 16.9. The molecule has 0 saturated carbocycles. The Morgan fingerprint density at radius 1 is 1.09 bits per heavy atom. The van der Waals surface area contributed by atoms with Crippen LogP contribution in [0, 0.1) is 0 Å². The van der Waals surface area contributed by atoms with Gasteiger partial charge in [-0.15, -0.1) is 0 Å². The van der Waals surface area contributed by atoms with Gasteiger partial charge in [0, 0.05) is 38.4 Å². The van der Waals surface area contributed by atoms with E-state index in [2.05, 4.69) is 19.1 Å². The molecule has 2 aliphatic heterocycles. The summed E-state index contributed by atoms with van der Waals surface area (Å²) in [6.07, 6.45) is 3.81. The van der Waals surface area contributed by atoms with Crippen molar-refractivity contribution in [3.8, 4) is 17.2 Å². The number of fused-ring (bicyclic) bond motifs is 1. The lowest BCUT2D eigenvalue weighted by Crippen LogP contribution is -2.52. The minimum Gasteiger partial charge on any atom is -0.497 e. The van der Waals surface area contributed by atoms with Crippen molar-refractivity contribution in [2.75, 3.05) is 26.8 Å². The molecular weight excluding hydrogens is 406 g/mol. The topological polar surface area (TPSA) is 65.1 Å². The summed E-state index contributed by atoms with van der Waals surface area (Å²) in [4.78, 5) is 27.2. The average molecular weight is 438 g/mol. The van der Waals surface area contributed by atoms with Crippen LogP contribution in [0.25, 0.3) is 0 Å². The van der Waals surface area contributed by atoms with Crippen molar-refractivity contribution in [2.24, 2.45) is 0 Å². The molecule has 1 fully saturated rings. The Labute approximate surface area is 189 Å². The van der Waals surface area contributed by atoms with Crippen molar-refractivity contribution in [2.45, 2.75) is 51.0 Å². The van der Waals surface area contributed by atoms with Gasteiger partial charge >= 0.3 is 0 Å². The number of Topliss-reactive ketones (excluding diaryl/α,β-unsaturated/α-hetero) is 1. The smallest absolute Gasteiger partial charge is 0.222 e. The van der Waals surface area contributed by atoms with E-state index in [4.69, 9.17) is 14.2 Å². The lowest BCUT2D eigenvalue weighted by molar-refractivity contribution is -0.135. The molecule has 6 heteroatoms. The molecule has 2 aromatic rings. The number of hydrogen-bond donors (Lipinski definition) is 0. The van der Waals surface area contributed by atoms with Crippen LogP contribution >= 0.6 is 0 Å². The first-order chi connectivity index (χ1) is 15.5. The number of aryl methyl sites for hydroxylation is 1. The lowest BCUT2D eigenvalue weighted by atomic mass is 9.82. The maximum absolute atomic E-state index is 12.7. The zero-order chi connectivity index (χ0) is 22.6. The number of amides is 1. The van der Waals surface area contributed by atoms with Crippen LogP contribution in [0.4, 0.5) is 0 Å². The quantitative estimate of drug-likeness (QED) is 0.599. The SMILES string of the molecule is CCc1ccc(OCCCC(=O)N2CCC3(CC2)CC(=O)c2ccc(OC)cc2O3)cc1. The van der Waals surface area contributed by atoms with Gasteiger partial charge in [-0.05, 0) is 42.7 Å². The summed E-state index contributed by atoms with van der Waals surface area (Å²) in [7, 11) is 1.60. The molecule has 0 N–H and O–H groups in total. The number of likely N-dealkylation sites (tertiary alicyclic amines) is 1. The highest BCUT2D eigenvalue weighted by Gasteiger charge is 2.43. The second-order valence-electron chi connectivity index (χ2n) is 8.58. The van der Waals surface area contributed by atoms with Crippen molar-refractivity contribution in [3.05, 3.63) is 53.6 Å². The first-order valence-electron chi connectivity index (χ1n) is 11.4. The number of rotatable bonds is 7. The molecule has 2 aromatic carbocycles. The zero-order valence-electron chi connectivity index (χ0n) is 18.9. The number of methoxy groups -OCH3 is 1. The van der Waals surface area contributed by atoms with Crippen LogP contribution in [0.3, 0.4) is 0 Å². The summed E-state index contributed by atoms with van der Waals surface area (Å²) < 4.78 is 17.3. The summed E-state index contributed by atoms with van der Waals surface area (Å²) in [6, 6.07) is 13.4. The fourth-order valence-electron chi connectivity index (χ4n) is 4.44. The van der Waals surface area contributed by atoms with E-state index in [0.717, 1.165) is 12.2 Å². The van der Waals surface area contributed by atoms with Gasteiger partial charge in [0.15, 0.2) is 5.78 Å². The van der Waals surface area contributed by atoms with Crippen LogP contribution in [0.1, 0.15) is 54.9 Å². The van der Waals surface area contributed by atoms with Gasteiger partial charge in [0.05, 0.1) is 25.7 Å². The number of hydrogen-bond acceptors (Lipinski definition) is 5. The number of benzene rings is 2. The highest BCUT2D eigenvalue weighted by molar-refractivity contribution is 6.00. The summed E-state index contributed by atoms with van der Waals surface area (Å²) in [5, 5.41) is 0. The second-order valence-corrected chi connectivity index (χ2v) is 8.58. The molecule has 2 aliphatic rings. The monoisotopic (exact) mass is 437 g/mol. The number of ketones is 1. The number of nitrogens with zero attached hydrogens (tertiary/aromatic N) is 1. The van der Waals surface area contributed by atoms with Gasteiger partial charge in [0.25, 0.3) is 0 Å². The van der Waals surface area contributed by atoms with E-state index in [1.165, 1.54) is 5.56 Å². The summed E-state index contributed by atoms with van der Waals surface area (Å²) in [5.74, 6) is 2.33. The Morgan fingerprint density at radius 3 is 2.50 bits per heavy atom. The lowest BCUT2D eigenvalue weighted by Gasteiger charge is -2.44. The third-order valence-electron chi connectivity index (χ3n) is 6.46. The molecule has 1 amide bonds. The predicted molar refractivity (Wildman–Crippen MR) is 122 cm³/mol. The Kier molecular flexibility index (Phi) is 6.68. The molecule has 0 aromatic heterocycles. The van der Waals surface area contributed by atoms with E-state index in [0.29, 0.717) is 68.9 Å². The molecule has 4 rings (SSSR count). The van der Waals surface area contributed by atoms with E-state index >= 15 is 0 Å². The van der Waals surface area contributed by atoms with E-state index in [-0.39, 0.29) is 11.7 Å². The number of carbonyl (C=O) groups is 2.